The largest absolute Gasteiger partial charge is 0.405 e. The van der Waals surface area contributed by atoms with Crippen LogP contribution in [0.5, 0.6) is 0 Å². The van der Waals surface area contributed by atoms with Crippen LogP contribution in [0.4, 0.5) is 13.2 Å². The summed E-state index contributed by atoms with van der Waals surface area (Å²) in [6.07, 6.45) is 3.33. The van der Waals surface area contributed by atoms with E-state index in [1.807, 2.05) is 63.2 Å². The van der Waals surface area contributed by atoms with Gasteiger partial charge in [0.1, 0.15) is 12.4 Å². The summed E-state index contributed by atoms with van der Waals surface area (Å²) >= 11 is 0. The maximum Gasteiger partial charge on any atom is 0.405 e. The molecule has 4 aromatic rings. The van der Waals surface area contributed by atoms with Crippen molar-refractivity contribution in [2.24, 2.45) is 4.99 Å². The highest BCUT2D eigenvalue weighted by molar-refractivity contribution is 5.86. The molecular weight excluding hydrogens is 513 g/mol. The summed E-state index contributed by atoms with van der Waals surface area (Å²) in [7, 11) is 0. The highest BCUT2D eigenvalue weighted by Gasteiger charge is 2.27. The van der Waals surface area contributed by atoms with Crippen molar-refractivity contribution in [3.63, 3.8) is 0 Å². The van der Waals surface area contributed by atoms with Crippen molar-refractivity contribution >= 4 is 17.1 Å². The minimum atomic E-state index is -4.37. The third-order valence-electron chi connectivity index (χ3n) is 7.06. The van der Waals surface area contributed by atoms with Gasteiger partial charge in [-0.2, -0.15) is 13.2 Å². The van der Waals surface area contributed by atoms with Crippen LogP contribution in [-0.4, -0.2) is 28.5 Å². The molecule has 8 heteroatoms. The molecule has 0 atom stereocenters. The first kappa shape index (κ1) is 27.4. The zero-order valence-corrected chi connectivity index (χ0v) is 22.7. The third-order valence-corrected chi connectivity index (χ3v) is 7.06. The van der Waals surface area contributed by atoms with Crippen LogP contribution < -0.4 is 10.9 Å². The van der Waals surface area contributed by atoms with Crippen LogP contribution in [-0.2, 0) is 0 Å². The fourth-order valence-corrected chi connectivity index (χ4v) is 4.78. The number of hydrogen-bond acceptors (Lipinski definition) is 4. The lowest BCUT2D eigenvalue weighted by Gasteiger charge is -2.15. The molecule has 0 saturated heterocycles. The summed E-state index contributed by atoms with van der Waals surface area (Å²) in [5, 5.41) is 3.26. The number of nitrogens with one attached hydrogen (secondary N) is 1. The van der Waals surface area contributed by atoms with Crippen LogP contribution in [0.15, 0.2) is 82.5 Å². The molecule has 1 aliphatic carbocycles. The lowest BCUT2D eigenvalue weighted by atomic mass is 9.97. The second-order valence-electron chi connectivity index (χ2n) is 10.2. The quantitative estimate of drug-likeness (QED) is 0.236. The number of pyridine rings is 2. The van der Waals surface area contributed by atoms with Gasteiger partial charge in [0.2, 0.25) is 0 Å². The van der Waals surface area contributed by atoms with E-state index in [4.69, 9.17) is 0 Å². The lowest BCUT2D eigenvalue weighted by molar-refractivity contribution is -0.123. The molecule has 0 unspecified atom stereocenters. The Morgan fingerprint density at radius 2 is 1.85 bits per heavy atom. The highest BCUT2D eigenvalue weighted by atomic mass is 19.4. The summed E-state index contributed by atoms with van der Waals surface area (Å²) in [6, 6.07) is 17.6. The monoisotopic (exact) mass is 544 g/mol. The lowest BCUT2D eigenvalue weighted by Crippen LogP contribution is -2.28. The molecule has 5 rings (SSSR count). The number of alkyl halides is 3. The average Bonchev–Trinajstić information content (AvgIpc) is 3.77. The zero-order valence-electron chi connectivity index (χ0n) is 22.7. The number of aryl methyl sites for hydroxylation is 1. The molecule has 1 saturated carbocycles. The first-order valence-electron chi connectivity index (χ1n) is 13.4. The van der Waals surface area contributed by atoms with Gasteiger partial charge in [-0.1, -0.05) is 37.3 Å². The zero-order chi connectivity index (χ0) is 28.4. The van der Waals surface area contributed by atoms with Gasteiger partial charge < -0.3 is 5.32 Å². The van der Waals surface area contributed by atoms with Crippen LogP contribution in [0.3, 0.4) is 0 Å². The van der Waals surface area contributed by atoms with Crippen molar-refractivity contribution < 1.29 is 13.2 Å². The molecule has 0 amide bonds. The van der Waals surface area contributed by atoms with Gasteiger partial charge in [-0.05, 0) is 86.1 Å². The van der Waals surface area contributed by atoms with Gasteiger partial charge in [0, 0.05) is 34.7 Å². The molecule has 2 aromatic carbocycles. The van der Waals surface area contributed by atoms with E-state index in [0.29, 0.717) is 34.7 Å². The number of benzene rings is 2. The van der Waals surface area contributed by atoms with Crippen LogP contribution >= 0.6 is 0 Å². The van der Waals surface area contributed by atoms with Gasteiger partial charge in [0.05, 0.1) is 11.1 Å². The summed E-state index contributed by atoms with van der Waals surface area (Å²) < 4.78 is 40.1. The molecule has 5 nitrogen and oxygen atoms in total. The van der Waals surface area contributed by atoms with E-state index in [-0.39, 0.29) is 11.4 Å². The van der Waals surface area contributed by atoms with Crippen molar-refractivity contribution in [3.8, 4) is 16.8 Å². The Morgan fingerprint density at radius 3 is 2.52 bits per heavy atom. The molecule has 2 aromatic heterocycles. The summed E-state index contributed by atoms with van der Waals surface area (Å²) in [6.45, 7) is 4.42. The van der Waals surface area contributed by atoms with Gasteiger partial charge in [0.15, 0.2) is 0 Å². The van der Waals surface area contributed by atoms with Gasteiger partial charge in [-0.3, -0.25) is 14.3 Å². The Balaban J connectivity index is 1.63. The van der Waals surface area contributed by atoms with Crippen molar-refractivity contribution in [1.82, 2.24) is 14.9 Å². The van der Waals surface area contributed by atoms with Crippen LogP contribution in [0, 0.1) is 13.8 Å². The fraction of sp³-hybridized carbons (Fsp3) is 0.281. The predicted octanol–water partition coefficient (Wildman–Crippen LogP) is 7.37. The van der Waals surface area contributed by atoms with Gasteiger partial charge >= 0.3 is 6.18 Å². The van der Waals surface area contributed by atoms with Crippen molar-refractivity contribution in [3.05, 3.63) is 105 Å². The van der Waals surface area contributed by atoms with Crippen LogP contribution in [0.25, 0.3) is 27.7 Å². The van der Waals surface area contributed by atoms with Crippen molar-refractivity contribution in [2.45, 2.75) is 52.1 Å². The van der Waals surface area contributed by atoms with E-state index in [0.717, 1.165) is 22.2 Å². The minimum absolute atomic E-state index is 0.125. The molecule has 40 heavy (non-hydrogen) atoms. The first-order valence-corrected chi connectivity index (χ1v) is 13.4. The number of hydrogen-bond donors (Lipinski definition) is 1. The summed E-state index contributed by atoms with van der Waals surface area (Å²) in [5.74, 6) is 0.715. The van der Waals surface area contributed by atoms with E-state index in [2.05, 4.69) is 27.4 Å². The standard InChI is InChI=1S/C32H31F3N4O/c1-4-5-29(37-19-32(33,34)35)36-17-26-18-39(27-14-15-28-25(16-27)7-6-20(2)38-28)31(40)30(21(26)3)24-12-10-23(11-13-24)22-8-9-22/h5-7,10-18,22,37H,4,8-9,19H2,1-3H3/b29-5-,36-17-. The number of rotatable bonds is 8. The number of nitrogens with zero attached hydrogens (tertiary/aromatic N) is 3. The summed E-state index contributed by atoms with van der Waals surface area (Å²) in [5.41, 5.74) is 6.10. The molecule has 1 fully saturated rings. The van der Waals surface area contributed by atoms with E-state index in [1.54, 1.807) is 16.8 Å². The number of aromatic nitrogens is 2. The second-order valence-corrected chi connectivity index (χ2v) is 10.2. The van der Waals surface area contributed by atoms with E-state index >= 15 is 0 Å². The Kier molecular flexibility index (Phi) is 7.61. The number of fused-ring (bicyclic) bond motifs is 1. The van der Waals surface area contributed by atoms with Crippen molar-refractivity contribution in [1.29, 1.82) is 0 Å². The average molecular weight is 545 g/mol. The number of allylic oxidation sites excluding steroid dienone is 1. The van der Waals surface area contributed by atoms with E-state index < -0.39 is 12.7 Å². The molecule has 0 bridgehead atoms. The molecule has 1 aliphatic rings. The first-order chi connectivity index (χ1) is 19.1. The Labute approximate surface area is 231 Å². The molecule has 206 valence electrons. The summed E-state index contributed by atoms with van der Waals surface area (Å²) in [4.78, 5) is 22.9. The SMILES string of the molecule is CC/C=C(/N=C\c1cn(-c2ccc3nc(C)ccc3c2)c(=O)c(-c2ccc(C3CC3)cc2)c1C)NCC(F)(F)F. The van der Waals surface area contributed by atoms with E-state index in [1.165, 1.54) is 24.6 Å². The topological polar surface area (TPSA) is 59.3 Å². The van der Waals surface area contributed by atoms with E-state index in [9.17, 15) is 18.0 Å². The molecule has 1 N–H and O–H groups in total. The molecule has 0 radical (unpaired) electrons. The maximum atomic E-state index is 14.0. The third kappa shape index (κ3) is 6.17. The van der Waals surface area contributed by atoms with Crippen LogP contribution in [0.2, 0.25) is 0 Å². The van der Waals surface area contributed by atoms with Crippen LogP contribution in [0.1, 0.15) is 54.5 Å². The number of aliphatic imine (C=N–C) groups is 1. The van der Waals surface area contributed by atoms with Gasteiger partial charge in [0.25, 0.3) is 5.56 Å². The molecule has 2 heterocycles. The predicted molar refractivity (Wildman–Crippen MR) is 154 cm³/mol. The second kappa shape index (κ2) is 11.1. The van der Waals surface area contributed by atoms with Crippen molar-refractivity contribution in [2.75, 3.05) is 6.54 Å². The Bertz CT molecular complexity index is 1660. The molecule has 0 aliphatic heterocycles. The molecule has 0 spiro atoms. The van der Waals surface area contributed by atoms with Gasteiger partial charge in [-0.25, -0.2) is 4.99 Å². The van der Waals surface area contributed by atoms with Gasteiger partial charge in [-0.15, -0.1) is 0 Å². The Morgan fingerprint density at radius 1 is 1.10 bits per heavy atom. The smallest absolute Gasteiger partial charge is 0.361 e. The Hall–Kier alpha value is -4.20. The normalized spacial score (nSPS) is 14.3. The highest BCUT2D eigenvalue weighted by Crippen LogP contribution is 2.40. The minimum Gasteiger partial charge on any atom is -0.361 e. The maximum absolute atomic E-state index is 14.0. The fourth-order valence-electron chi connectivity index (χ4n) is 4.78. The number of halogens is 3. The molecular formula is C32H31F3N4O.